The summed E-state index contributed by atoms with van der Waals surface area (Å²) in [6.07, 6.45) is 1.15. The van der Waals surface area contributed by atoms with Crippen LogP contribution in [0.2, 0.25) is 5.02 Å². The molecule has 0 saturated carbocycles. The normalized spacial score (nSPS) is 19.4. The summed E-state index contributed by atoms with van der Waals surface area (Å²) in [6, 6.07) is 16.5. The van der Waals surface area contributed by atoms with Gasteiger partial charge in [0, 0.05) is 18.1 Å². The molecule has 0 amide bonds. The monoisotopic (exact) mass is 440 g/mol. The highest BCUT2D eigenvalue weighted by atomic mass is 35.5. The molecule has 0 radical (unpaired) electrons. The van der Waals surface area contributed by atoms with E-state index in [4.69, 9.17) is 22.3 Å². The van der Waals surface area contributed by atoms with Crippen molar-refractivity contribution in [3.8, 4) is 0 Å². The van der Waals surface area contributed by atoms with Crippen LogP contribution in [0.4, 0.5) is 0 Å². The van der Waals surface area contributed by atoms with Crippen molar-refractivity contribution in [1.82, 2.24) is 14.5 Å². The highest BCUT2D eigenvalue weighted by molar-refractivity contribution is 6.31. The third kappa shape index (κ3) is 4.81. The van der Waals surface area contributed by atoms with Crippen LogP contribution in [0.5, 0.6) is 0 Å². The first-order valence-electron chi connectivity index (χ1n) is 9.17. The van der Waals surface area contributed by atoms with E-state index in [2.05, 4.69) is 46.7 Å². The van der Waals surface area contributed by atoms with E-state index in [1.807, 2.05) is 18.2 Å². The standard InChI is InChI=1S/C21H25ClN4.2ClH/c1-21(14-23)9-10-25(15-21)13-20-24-18-11-17(22)7-8-19(18)26(20)12-16-5-3-2-4-6-16;;/h2-8,11H,9-10,12-15,23H2,1H3;2*1H. The van der Waals surface area contributed by atoms with E-state index in [-0.39, 0.29) is 30.2 Å². The summed E-state index contributed by atoms with van der Waals surface area (Å²) < 4.78 is 2.32. The van der Waals surface area contributed by atoms with Crippen LogP contribution < -0.4 is 5.73 Å². The lowest BCUT2D eigenvalue weighted by molar-refractivity contribution is 0.267. The molecular weight excluding hydrogens is 415 g/mol. The van der Waals surface area contributed by atoms with Crippen molar-refractivity contribution in [3.05, 3.63) is 64.9 Å². The number of aromatic nitrogens is 2. The van der Waals surface area contributed by atoms with Crippen LogP contribution in [-0.4, -0.2) is 34.1 Å². The summed E-state index contributed by atoms with van der Waals surface area (Å²) in [5.41, 5.74) is 9.56. The van der Waals surface area contributed by atoms with Gasteiger partial charge in [-0.1, -0.05) is 48.9 Å². The number of nitrogens with two attached hydrogens (primary N) is 1. The first kappa shape index (κ1) is 23.0. The van der Waals surface area contributed by atoms with Crippen LogP contribution in [0.1, 0.15) is 24.7 Å². The molecule has 1 aromatic heterocycles. The number of halogens is 3. The highest BCUT2D eigenvalue weighted by Gasteiger charge is 2.33. The van der Waals surface area contributed by atoms with E-state index in [0.29, 0.717) is 0 Å². The van der Waals surface area contributed by atoms with Gasteiger partial charge in [0.15, 0.2) is 0 Å². The molecule has 1 unspecified atom stereocenters. The third-order valence-corrected chi connectivity index (χ3v) is 5.70. The molecule has 1 atom stereocenters. The number of likely N-dealkylation sites (tertiary alicyclic amines) is 1. The Labute approximate surface area is 183 Å². The lowest BCUT2D eigenvalue weighted by Crippen LogP contribution is -2.31. The Kier molecular flexibility index (Phi) is 7.77. The molecule has 0 bridgehead atoms. The molecule has 1 fully saturated rings. The van der Waals surface area contributed by atoms with Crippen LogP contribution in [0.25, 0.3) is 11.0 Å². The summed E-state index contributed by atoms with van der Waals surface area (Å²) in [6.45, 7) is 6.77. The Hall–Kier alpha value is -1.30. The summed E-state index contributed by atoms with van der Waals surface area (Å²) >= 11 is 6.19. The maximum Gasteiger partial charge on any atom is 0.124 e. The van der Waals surface area contributed by atoms with Crippen molar-refractivity contribution in [2.24, 2.45) is 11.1 Å². The molecule has 2 aromatic carbocycles. The predicted molar refractivity (Wildman–Crippen MR) is 122 cm³/mol. The van der Waals surface area contributed by atoms with Gasteiger partial charge in [-0.3, -0.25) is 4.90 Å². The average Bonchev–Trinajstić information content (AvgIpc) is 3.17. The molecule has 2 N–H and O–H groups in total. The molecule has 4 rings (SSSR count). The molecule has 2 heterocycles. The molecule has 1 aliphatic rings. The van der Waals surface area contributed by atoms with E-state index < -0.39 is 0 Å². The fraction of sp³-hybridized carbons (Fsp3) is 0.381. The number of nitrogens with zero attached hydrogens (tertiary/aromatic N) is 3. The number of imidazole rings is 1. The van der Waals surface area contributed by atoms with Crippen molar-refractivity contribution < 1.29 is 0 Å². The zero-order valence-electron chi connectivity index (χ0n) is 16.0. The fourth-order valence-electron chi connectivity index (χ4n) is 3.84. The Balaban J connectivity index is 0.00000140. The lowest BCUT2D eigenvalue weighted by Gasteiger charge is -2.22. The van der Waals surface area contributed by atoms with Crippen LogP contribution in [0.15, 0.2) is 48.5 Å². The van der Waals surface area contributed by atoms with Gasteiger partial charge in [-0.05, 0) is 48.7 Å². The highest BCUT2D eigenvalue weighted by Crippen LogP contribution is 2.30. The minimum absolute atomic E-state index is 0. The quantitative estimate of drug-likeness (QED) is 0.621. The molecule has 28 heavy (non-hydrogen) atoms. The Bertz CT molecular complexity index is 913. The van der Waals surface area contributed by atoms with Crippen LogP contribution in [0, 0.1) is 5.41 Å². The maximum atomic E-state index is 6.19. The fourth-order valence-corrected chi connectivity index (χ4v) is 4.01. The topological polar surface area (TPSA) is 47.1 Å². The second-order valence-corrected chi connectivity index (χ2v) is 8.14. The van der Waals surface area contributed by atoms with Gasteiger partial charge in [-0.25, -0.2) is 4.98 Å². The first-order valence-corrected chi connectivity index (χ1v) is 9.55. The molecule has 4 nitrogen and oxygen atoms in total. The number of benzene rings is 2. The summed E-state index contributed by atoms with van der Waals surface area (Å²) in [7, 11) is 0. The first-order chi connectivity index (χ1) is 12.6. The van der Waals surface area contributed by atoms with Crippen LogP contribution >= 0.6 is 36.4 Å². The average molecular weight is 442 g/mol. The third-order valence-electron chi connectivity index (χ3n) is 5.47. The molecule has 152 valence electrons. The number of hydrogen-bond acceptors (Lipinski definition) is 3. The van der Waals surface area contributed by atoms with Gasteiger partial charge in [0.05, 0.1) is 17.6 Å². The largest absolute Gasteiger partial charge is 0.330 e. The smallest absolute Gasteiger partial charge is 0.124 e. The molecule has 1 aliphatic heterocycles. The van der Waals surface area contributed by atoms with Gasteiger partial charge < -0.3 is 10.3 Å². The second kappa shape index (κ2) is 9.47. The van der Waals surface area contributed by atoms with Gasteiger partial charge in [0.1, 0.15) is 5.82 Å². The van der Waals surface area contributed by atoms with Gasteiger partial charge in [-0.2, -0.15) is 0 Å². The SMILES string of the molecule is CC1(CN)CCN(Cc2nc3cc(Cl)ccc3n2Cc2ccccc2)C1.Cl.Cl. The van der Waals surface area contributed by atoms with Gasteiger partial charge >= 0.3 is 0 Å². The summed E-state index contributed by atoms with van der Waals surface area (Å²) in [4.78, 5) is 7.38. The van der Waals surface area contributed by atoms with E-state index in [0.717, 1.165) is 61.0 Å². The van der Waals surface area contributed by atoms with Crippen LogP contribution in [0.3, 0.4) is 0 Å². The number of fused-ring (bicyclic) bond motifs is 1. The van der Waals surface area contributed by atoms with E-state index in [9.17, 15) is 0 Å². The molecule has 0 aliphatic carbocycles. The zero-order valence-corrected chi connectivity index (χ0v) is 18.4. The summed E-state index contributed by atoms with van der Waals surface area (Å²) in [5, 5.41) is 0.727. The minimum Gasteiger partial charge on any atom is -0.330 e. The Morgan fingerprint density at radius 2 is 1.86 bits per heavy atom. The maximum absolute atomic E-state index is 6.19. The molecule has 1 saturated heterocycles. The van der Waals surface area contributed by atoms with E-state index in [1.165, 1.54) is 5.56 Å². The van der Waals surface area contributed by atoms with E-state index >= 15 is 0 Å². The van der Waals surface area contributed by atoms with Crippen molar-refractivity contribution in [1.29, 1.82) is 0 Å². The van der Waals surface area contributed by atoms with Crippen molar-refractivity contribution in [2.45, 2.75) is 26.4 Å². The minimum atomic E-state index is 0. The number of rotatable bonds is 5. The summed E-state index contributed by atoms with van der Waals surface area (Å²) in [5.74, 6) is 1.09. The number of hydrogen-bond donors (Lipinski definition) is 1. The van der Waals surface area contributed by atoms with Gasteiger partial charge in [-0.15, -0.1) is 24.8 Å². The van der Waals surface area contributed by atoms with E-state index in [1.54, 1.807) is 0 Å². The van der Waals surface area contributed by atoms with Gasteiger partial charge in [0.2, 0.25) is 0 Å². The zero-order chi connectivity index (χ0) is 18.1. The molecule has 7 heteroatoms. The van der Waals surface area contributed by atoms with Crippen molar-refractivity contribution >= 4 is 47.4 Å². The van der Waals surface area contributed by atoms with Crippen molar-refractivity contribution in [2.75, 3.05) is 19.6 Å². The molecular formula is C21H27Cl3N4. The molecule has 3 aromatic rings. The molecule has 0 spiro atoms. The lowest BCUT2D eigenvalue weighted by atomic mass is 9.90. The van der Waals surface area contributed by atoms with Gasteiger partial charge in [0.25, 0.3) is 0 Å². The van der Waals surface area contributed by atoms with Crippen LogP contribution in [-0.2, 0) is 13.1 Å². The predicted octanol–water partition coefficient (Wildman–Crippen LogP) is 4.75. The Morgan fingerprint density at radius 3 is 2.54 bits per heavy atom. The Morgan fingerprint density at radius 1 is 1.11 bits per heavy atom. The second-order valence-electron chi connectivity index (χ2n) is 7.71. The van der Waals surface area contributed by atoms with Crippen molar-refractivity contribution in [3.63, 3.8) is 0 Å².